The fourth-order valence-corrected chi connectivity index (χ4v) is 14.8. The molecular formula is C90H148N24O18. The van der Waals surface area contributed by atoms with Gasteiger partial charge in [0.15, 0.2) is 11.9 Å². The summed E-state index contributed by atoms with van der Waals surface area (Å²) in [6, 6.07) is -4.76. The Kier molecular flexibility index (Phi) is 51.5. The van der Waals surface area contributed by atoms with Gasteiger partial charge in [-0.2, -0.15) is 0 Å². The molecule has 2 aromatic carbocycles. The van der Waals surface area contributed by atoms with Crippen molar-refractivity contribution < 1.29 is 86.9 Å². The predicted molar refractivity (Wildman–Crippen MR) is 497 cm³/mol. The number of aliphatic hydroxyl groups excluding tert-OH is 1. The monoisotopic (exact) mass is 1850 g/mol. The number of amides is 16. The third-order valence-corrected chi connectivity index (χ3v) is 22.6. The fourth-order valence-electron chi connectivity index (χ4n) is 14.8. The molecule has 2 heterocycles. The van der Waals surface area contributed by atoms with E-state index in [1.165, 1.54) is 121 Å². The number of para-hydroxylation sites is 1. The van der Waals surface area contributed by atoms with Crippen LogP contribution < -0.4 is 108 Å². The minimum atomic E-state index is -1.67. The molecule has 1 saturated heterocycles. The molecule has 3 aromatic rings. The van der Waals surface area contributed by atoms with E-state index in [9.17, 15) is 86.9 Å². The van der Waals surface area contributed by atoms with E-state index < -0.39 is 211 Å². The van der Waals surface area contributed by atoms with Crippen LogP contribution in [0.25, 0.3) is 10.9 Å². The van der Waals surface area contributed by atoms with Gasteiger partial charge in [-0.15, -0.1) is 0 Å². The molecule has 1 aliphatic rings. The van der Waals surface area contributed by atoms with Crippen molar-refractivity contribution in [3.8, 4) is 5.75 Å². The van der Waals surface area contributed by atoms with Crippen molar-refractivity contribution in [2.24, 2.45) is 34.8 Å². The van der Waals surface area contributed by atoms with Crippen LogP contribution in [-0.4, -0.2) is 251 Å². The SMILES string of the molecule is CCCCCCCCCCCCCCCCCC(=O)NCC(=O)N[C@@H](C)C(=O)N[C@@H](Cc1c[nH]c2ccccc12)C(=O)N[C@@H](Cc1ccc(O)cc1)C(=O)N[C@@H](CCCCN)C(=O)NCC(=O)N[C@@H](CCCNC(=N)N)C(=O)N[C@@H](C)C(=O)N[C@@H](CCCNC(=N)N)C(=O)N1CCC[C@H]1C(=O)N[C@H](C(=O)N[C@@H](CO)C(=O)N[C@@H](C)C(=O)N[C@H](C(=O)N[C@@H](C)C(N)=O)C(C)C)C(C)C. The zero-order valence-electron chi connectivity index (χ0n) is 78.1. The third-order valence-electron chi connectivity index (χ3n) is 22.6. The van der Waals surface area contributed by atoms with Crippen LogP contribution in [-0.2, 0) is 89.6 Å². The summed E-state index contributed by atoms with van der Waals surface area (Å²) in [5, 5.41) is 77.9. The average Bonchev–Trinajstić information content (AvgIpc) is 1.61. The van der Waals surface area contributed by atoms with Crippen molar-refractivity contribution in [2.45, 2.75) is 314 Å². The highest BCUT2D eigenvalue weighted by molar-refractivity contribution is 6.01. The number of guanidine groups is 2. The summed E-state index contributed by atoms with van der Waals surface area (Å²) in [5.41, 5.74) is 24.0. The number of benzene rings is 2. The van der Waals surface area contributed by atoms with Crippen LogP contribution in [0.3, 0.4) is 0 Å². The Labute approximate surface area is 773 Å². The minimum Gasteiger partial charge on any atom is -0.508 e. The highest BCUT2D eigenvalue weighted by Gasteiger charge is 2.42. The molecule has 0 radical (unpaired) electrons. The lowest BCUT2D eigenvalue weighted by atomic mass is 10.0. The number of nitrogens with zero attached hydrogens (tertiary/aromatic N) is 1. The number of hydrogen-bond acceptors (Lipinski definition) is 21. The van der Waals surface area contributed by atoms with E-state index >= 15 is 0 Å². The Balaban J connectivity index is 1.47. The molecule has 1 fully saturated rings. The first kappa shape index (κ1) is 112. The number of fused-ring (bicyclic) bond motifs is 1. The topological polar surface area (TPSA) is 677 Å². The Hall–Kier alpha value is -12.2. The van der Waals surface area contributed by atoms with Gasteiger partial charge in [0, 0.05) is 56.0 Å². The molecular weight excluding hydrogens is 1710 g/mol. The smallest absolute Gasteiger partial charge is 0.245 e. The fraction of sp³-hybridized carbons (Fsp3) is 0.644. The number of likely N-dealkylation sites (tertiary alicyclic amines) is 1. The lowest BCUT2D eigenvalue weighted by molar-refractivity contribution is -0.143. The number of unbranched alkanes of at least 4 members (excludes halogenated alkanes) is 15. The number of rotatable bonds is 64. The summed E-state index contributed by atoms with van der Waals surface area (Å²) < 4.78 is 0. The first-order chi connectivity index (χ1) is 62.8. The maximum absolute atomic E-state index is 14.9. The maximum Gasteiger partial charge on any atom is 0.245 e. The number of aromatic nitrogens is 1. The van der Waals surface area contributed by atoms with Crippen LogP contribution in [0, 0.1) is 22.7 Å². The third kappa shape index (κ3) is 41.9. The number of aliphatic hydroxyl groups is 1. The van der Waals surface area contributed by atoms with Crippen molar-refractivity contribution in [3.63, 3.8) is 0 Å². The number of phenols is 1. The summed E-state index contributed by atoms with van der Waals surface area (Å²) in [4.78, 5) is 226. The van der Waals surface area contributed by atoms with Crippen LogP contribution in [0.15, 0.2) is 54.7 Å². The standard InChI is InChI=1S/C90H148N24O18/c1-10-11-12-13-14-15-16-17-18-19-20-21-22-23-24-38-71(117)100-50-72(118)102-56(7)77(121)109-68(48-60-49-99-63-33-26-25-32-62(60)63)83(127)110-67(47-59-39-41-61(116)42-40-59)82(126)107-64(34-27-28-43-91)80(124)101-51-73(119)106-65(35-29-44-97-89(93)94)81(125)104-57(8)78(122)108-66(36-30-45-98-90(95)96)88(132)114-46-31-37-70(114)85(129)113-75(54(4)5)87(131)111-69(52-115)84(128)105-58(9)79(123)112-74(53(2)3)86(130)103-55(6)76(92)120/h25-26,32-33,39-42,49,53-58,64-70,74-75,99,115-116H,10-24,27-31,34-38,43-48,50-52,91H2,1-9H3,(H2,92,120)(H,100,117)(H,101,124)(H,102,118)(H,103,130)(H,104,125)(H,105,128)(H,106,119)(H,107,126)(H,108,122)(H,109,121)(H,110,127)(H,111,131)(H,112,123)(H,113,129)(H4,93,94,97)(H4,95,96,98)/t55-,56-,57-,58-,64-,65-,66-,67-,68-,69-,70-,74-,75-/m0/s1. The highest BCUT2D eigenvalue weighted by Crippen LogP contribution is 2.24. The van der Waals surface area contributed by atoms with Crippen LogP contribution in [0.4, 0.5) is 0 Å². The zero-order valence-corrected chi connectivity index (χ0v) is 78.1. The lowest BCUT2D eigenvalue weighted by Gasteiger charge is -2.31. The van der Waals surface area contributed by atoms with Gasteiger partial charge in [-0.05, 0) is 140 Å². The second kappa shape index (κ2) is 60.7. The van der Waals surface area contributed by atoms with Gasteiger partial charge in [-0.25, -0.2) is 0 Å². The van der Waals surface area contributed by atoms with E-state index in [1.807, 2.05) is 12.1 Å². The number of carbonyl (C=O) groups is 16. The molecule has 0 unspecified atom stereocenters. The van der Waals surface area contributed by atoms with Crippen LogP contribution in [0.1, 0.15) is 234 Å². The number of H-pyrrole nitrogens is 1. The molecule has 4 rings (SSSR count). The van der Waals surface area contributed by atoms with Gasteiger partial charge >= 0.3 is 0 Å². The summed E-state index contributed by atoms with van der Waals surface area (Å²) in [6.45, 7) is 12.0. The molecule has 0 saturated carbocycles. The van der Waals surface area contributed by atoms with E-state index in [0.29, 0.717) is 29.4 Å². The van der Waals surface area contributed by atoms with E-state index in [1.54, 1.807) is 46.0 Å². The van der Waals surface area contributed by atoms with Gasteiger partial charge < -0.3 is 128 Å². The van der Waals surface area contributed by atoms with Crippen LogP contribution >= 0.6 is 0 Å². The van der Waals surface area contributed by atoms with Crippen LogP contribution in [0.5, 0.6) is 5.75 Å². The van der Waals surface area contributed by atoms with Crippen molar-refractivity contribution in [3.05, 3.63) is 65.9 Å². The number of aromatic hydroxyl groups is 1. The lowest BCUT2D eigenvalue weighted by Crippen LogP contribution is -2.61. The van der Waals surface area contributed by atoms with Crippen molar-refractivity contribution in [1.82, 2.24) is 95.0 Å². The van der Waals surface area contributed by atoms with Gasteiger partial charge in [0.25, 0.3) is 0 Å². The van der Waals surface area contributed by atoms with E-state index in [-0.39, 0.29) is 108 Å². The zero-order chi connectivity index (χ0) is 97.9. The number of aromatic amines is 1. The highest BCUT2D eigenvalue weighted by atomic mass is 16.3. The number of nitrogens with one attached hydrogen (secondary N) is 19. The Morgan fingerprint density at radius 2 is 0.886 bits per heavy atom. The van der Waals surface area contributed by atoms with Crippen molar-refractivity contribution in [1.29, 1.82) is 10.8 Å². The van der Waals surface area contributed by atoms with Gasteiger partial charge in [0.2, 0.25) is 94.5 Å². The number of nitrogens with two attached hydrogens (primary N) is 4. The molecule has 42 nitrogen and oxygen atoms in total. The maximum atomic E-state index is 14.9. The normalized spacial score (nSPS) is 15.1. The number of phenolic OH excluding ortho intramolecular Hbond substituents is 1. The summed E-state index contributed by atoms with van der Waals surface area (Å²) in [6.07, 6.45) is 20.0. The molecule has 0 aliphatic carbocycles. The minimum absolute atomic E-state index is 0.00570. The Morgan fingerprint density at radius 3 is 1.44 bits per heavy atom. The van der Waals surface area contributed by atoms with Gasteiger partial charge in [-0.1, -0.05) is 155 Å². The van der Waals surface area contributed by atoms with Crippen molar-refractivity contribution >= 4 is 117 Å². The van der Waals surface area contributed by atoms with E-state index in [4.69, 9.17) is 33.8 Å². The second-order valence-electron chi connectivity index (χ2n) is 34.5. The number of hydrogen-bond donors (Lipinski definition) is 25. The first-order valence-corrected chi connectivity index (χ1v) is 46.4. The number of carbonyl (C=O) groups excluding carboxylic acids is 16. The molecule has 1 aromatic heterocycles. The molecule has 29 N–H and O–H groups in total. The van der Waals surface area contributed by atoms with Gasteiger partial charge in [0.05, 0.1) is 19.7 Å². The second-order valence-corrected chi connectivity index (χ2v) is 34.5. The molecule has 16 amide bonds. The molecule has 0 spiro atoms. The number of primary amides is 1. The Bertz CT molecular complexity index is 4260. The Morgan fingerprint density at radius 1 is 0.439 bits per heavy atom. The molecule has 736 valence electrons. The van der Waals surface area contributed by atoms with E-state index in [0.717, 1.165) is 31.2 Å². The largest absolute Gasteiger partial charge is 0.508 e. The molecule has 0 bridgehead atoms. The molecule has 1 aliphatic heterocycles. The summed E-state index contributed by atoms with van der Waals surface area (Å²) in [7, 11) is 0. The molecule has 132 heavy (non-hydrogen) atoms. The first-order valence-electron chi connectivity index (χ1n) is 46.4. The van der Waals surface area contributed by atoms with Gasteiger partial charge in [0.1, 0.15) is 84.3 Å². The van der Waals surface area contributed by atoms with E-state index in [2.05, 4.69) is 97.0 Å². The van der Waals surface area contributed by atoms with Crippen molar-refractivity contribution in [2.75, 3.05) is 45.9 Å². The van der Waals surface area contributed by atoms with Gasteiger partial charge in [-0.3, -0.25) is 87.5 Å². The quantitative estimate of drug-likeness (QED) is 0.0192. The predicted octanol–water partition coefficient (Wildman–Crippen LogP) is -0.514. The average molecular weight is 1850 g/mol. The summed E-state index contributed by atoms with van der Waals surface area (Å²) >= 11 is 0. The van der Waals surface area contributed by atoms with Crippen LogP contribution in [0.2, 0.25) is 0 Å². The summed E-state index contributed by atoms with van der Waals surface area (Å²) in [5.74, 6) is -15.1. The molecule has 42 heteroatoms. The molecule has 13 atom stereocenters.